The summed E-state index contributed by atoms with van der Waals surface area (Å²) in [7, 11) is 0. The van der Waals surface area contributed by atoms with Crippen molar-refractivity contribution >= 4 is 11.6 Å². The highest BCUT2D eigenvalue weighted by molar-refractivity contribution is 6.30. The van der Waals surface area contributed by atoms with Crippen molar-refractivity contribution in [3.63, 3.8) is 0 Å². The van der Waals surface area contributed by atoms with Gasteiger partial charge in [-0.15, -0.1) is 0 Å². The van der Waals surface area contributed by atoms with Gasteiger partial charge in [0, 0.05) is 48.5 Å². The first-order valence-corrected chi connectivity index (χ1v) is 8.50. The van der Waals surface area contributed by atoms with E-state index in [0.29, 0.717) is 25.9 Å². The summed E-state index contributed by atoms with van der Waals surface area (Å²) in [6, 6.07) is 13.3. The average Bonchev–Trinajstić information content (AvgIpc) is 2.76. The zero-order valence-electron chi connectivity index (χ0n) is 24.0. The summed E-state index contributed by atoms with van der Waals surface area (Å²) in [5, 5.41) is 9.56. The van der Waals surface area contributed by atoms with Crippen molar-refractivity contribution in [3.8, 4) is 0 Å². The molecule has 2 aromatic rings. The zero-order valence-corrected chi connectivity index (χ0v) is 14.8. The van der Waals surface area contributed by atoms with Gasteiger partial charge in [0.25, 0.3) is 0 Å². The van der Waals surface area contributed by atoms with E-state index in [1.807, 2.05) is 0 Å². The lowest BCUT2D eigenvalue weighted by atomic mass is 9.96. The molecule has 0 spiro atoms. The maximum atomic E-state index is 9.17. The van der Waals surface area contributed by atoms with Gasteiger partial charge in [-0.1, -0.05) is 54.1 Å². The van der Waals surface area contributed by atoms with Gasteiger partial charge in [0.1, 0.15) is 0 Å². The number of aliphatic hydroxyl groups is 1. The van der Waals surface area contributed by atoms with Gasteiger partial charge in [-0.3, -0.25) is 9.80 Å². The quantitative estimate of drug-likeness (QED) is 0.709. The highest BCUT2D eigenvalue weighted by atomic mass is 35.5. The van der Waals surface area contributed by atoms with Crippen LogP contribution in [0.5, 0.6) is 0 Å². The minimum Gasteiger partial charge on any atom is -0.394 e. The number of benzene rings is 2. The Balaban J connectivity index is 2.11. The molecular formula is C21H27ClN2O2. The second-order valence-electron chi connectivity index (χ2n) is 5.54. The van der Waals surface area contributed by atoms with Crippen molar-refractivity contribution in [1.82, 2.24) is 9.80 Å². The van der Waals surface area contributed by atoms with Crippen LogP contribution in [0.2, 0.25) is 5.02 Å². The van der Waals surface area contributed by atoms with E-state index in [9.17, 15) is 0 Å². The molecule has 0 aromatic heterocycles. The van der Waals surface area contributed by atoms with E-state index in [2.05, 4.69) is 0 Å². The number of piperazine rings is 1. The third-order valence-corrected chi connectivity index (χ3v) is 4.05. The monoisotopic (exact) mass is 384 g/mol. The highest BCUT2D eigenvalue weighted by Crippen LogP contribution is 2.30. The lowest BCUT2D eigenvalue weighted by molar-refractivity contribution is 0.0522. The number of nitrogens with zero attached hydrogens (tertiary/aromatic N) is 2. The Morgan fingerprint density at radius 2 is 1.65 bits per heavy atom. The summed E-state index contributed by atoms with van der Waals surface area (Å²) in [4.78, 5) is 0.996. The van der Waals surface area contributed by atoms with Crippen LogP contribution in [0.15, 0.2) is 54.6 Å². The van der Waals surface area contributed by atoms with Crippen molar-refractivity contribution in [2.24, 2.45) is 0 Å². The molecule has 1 fully saturated rings. The molecule has 0 aliphatic carbocycles. The Hall–Kier alpha value is -1.43. The number of halogens is 1. The maximum absolute atomic E-state index is 9.17. The lowest BCUT2D eigenvalue weighted by Crippen LogP contribution is -2.48. The van der Waals surface area contributed by atoms with Crippen molar-refractivity contribution < 1.29 is 23.6 Å². The number of rotatable bonds is 8. The van der Waals surface area contributed by atoms with Crippen LogP contribution < -0.4 is 0 Å². The van der Waals surface area contributed by atoms with Gasteiger partial charge in [0.2, 0.25) is 0 Å². The van der Waals surface area contributed by atoms with Crippen molar-refractivity contribution in [2.75, 3.05) is 52.3 Å². The molecule has 3 rings (SSSR count). The van der Waals surface area contributed by atoms with E-state index in [1.54, 1.807) is 42.5 Å². The summed E-state index contributed by atoms with van der Waals surface area (Å²) in [6.07, 6.45) is 0. The van der Waals surface area contributed by atoms with Crippen molar-refractivity contribution in [3.05, 3.63) is 70.7 Å². The van der Waals surface area contributed by atoms with Crippen molar-refractivity contribution in [1.29, 1.82) is 0 Å². The first-order valence-electron chi connectivity index (χ1n) is 13.1. The molecule has 0 amide bonds. The molecule has 1 N–H and O–H groups in total. The van der Waals surface area contributed by atoms with Crippen LogP contribution in [-0.2, 0) is 4.74 Å². The Labute approximate surface area is 175 Å². The first kappa shape index (κ1) is 10.2. The first-order chi connectivity index (χ1) is 16.4. The van der Waals surface area contributed by atoms with Gasteiger partial charge in [-0.25, -0.2) is 0 Å². The summed E-state index contributed by atoms with van der Waals surface area (Å²) in [5.74, 6) is 0. The third kappa shape index (κ3) is 5.29. The largest absolute Gasteiger partial charge is 0.394 e. The summed E-state index contributed by atoms with van der Waals surface area (Å²) >= 11 is 6.02. The number of ether oxygens (including phenoxy) is 1. The standard InChI is InChI=1S/C21H27ClN2O2/c22-20-8-6-19(7-9-20)21(18-4-2-1-3-5-18)24-12-10-23(11-13-24)14-16-26-17-15-25/h1-9,21,25H,10-17H2/t21-/m1/s1/i10D2,11D2,12D2,13D2,15D2. The normalized spacial score (nSPS) is 31.3. The Morgan fingerprint density at radius 1 is 1.00 bits per heavy atom. The van der Waals surface area contributed by atoms with Gasteiger partial charge >= 0.3 is 0 Å². The molecule has 1 aliphatic heterocycles. The van der Waals surface area contributed by atoms with Gasteiger partial charge in [-0.05, 0) is 23.3 Å². The fraction of sp³-hybridized carbons (Fsp3) is 0.429. The van der Waals surface area contributed by atoms with Crippen LogP contribution in [0.4, 0.5) is 0 Å². The Kier molecular flexibility index (Phi) is 3.94. The lowest BCUT2D eigenvalue weighted by Gasteiger charge is -2.39. The van der Waals surface area contributed by atoms with E-state index >= 15 is 0 Å². The van der Waals surface area contributed by atoms with Gasteiger partial charge < -0.3 is 9.84 Å². The molecule has 1 atom stereocenters. The molecule has 1 aliphatic rings. The molecule has 0 bridgehead atoms. The van der Waals surface area contributed by atoms with Crippen LogP contribution >= 0.6 is 11.6 Å². The molecule has 1 saturated heterocycles. The average molecular weight is 385 g/mol. The van der Waals surface area contributed by atoms with E-state index in [1.165, 1.54) is 12.1 Å². The van der Waals surface area contributed by atoms with Crippen LogP contribution in [0.3, 0.4) is 0 Å². The van der Waals surface area contributed by atoms with Gasteiger partial charge in [0.05, 0.1) is 28.6 Å². The summed E-state index contributed by atoms with van der Waals surface area (Å²) in [6.45, 7) is -16.8. The maximum Gasteiger partial charge on any atom is 0.0698 e. The SMILES string of the molecule is [2H]C([2H])(O)COCCN1C([2H])([2H])C([2H])([2H])N([C@H](c2ccccc2)c2ccc(Cl)cc2)C([2H])([2H])C1([2H])[2H]. The molecule has 1 heterocycles. The summed E-state index contributed by atoms with van der Waals surface area (Å²) in [5.41, 5.74) is 0.799. The highest BCUT2D eigenvalue weighted by Gasteiger charge is 2.26. The topological polar surface area (TPSA) is 35.9 Å². The molecule has 5 heteroatoms. The molecule has 0 saturated carbocycles. The smallest absolute Gasteiger partial charge is 0.0698 e. The van der Waals surface area contributed by atoms with Crippen LogP contribution in [-0.4, -0.2) is 67.2 Å². The second kappa shape index (κ2) is 10.0. The van der Waals surface area contributed by atoms with Gasteiger partial charge in [0.15, 0.2) is 0 Å². The fourth-order valence-electron chi connectivity index (χ4n) is 2.57. The van der Waals surface area contributed by atoms with Crippen LogP contribution in [0, 0.1) is 0 Å². The predicted molar refractivity (Wildman–Crippen MR) is 106 cm³/mol. The molecule has 140 valence electrons. The zero-order chi connectivity index (χ0) is 27.2. The molecule has 0 unspecified atom stereocenters. The molecule has 4 nitrogen and oxygen atoms in total. The van der Waals surface area contributed by atoms with Crippen molar-refractivity contribution in [2.45, 2.75) is 6.04 Å². The molecular weight excluding hydrogens is 348 g/mol. The molecule has 26 heavy (non-hydrogen) atoms. The fourth-order valence-corrected chi connectivity index (χ4v) is 2.70. The predicted octanol–water partition coefficient (Wildman–Crippen LogP) is 3.06. The number of hydrogen-bond donors (Lipinski definition) is 1. The van der Waals surface area contributed by atoms with E-state index in [0.717, 1.165) is 0 Å². The minimum atomic E-state index is -3.08. The Bertz CT molecular complexity index is 1010. The summed E-state index contributed by atoms with van der Waals surface area (Å²) < 4.78 is 88.9. The van der Waals surface area contributed by atoms with E-state index in [4.69, 9.17) is 35.2 Å². The minimum absolute atomic E-state index is 0.381. The van der Waals surface area contributed by atoms with Crippen LogP contribution in [0.25, 0.3) is 0 Å². The molecule has 0 radical (unpaired) electrons. The van der Waals surface area contributed by atoms with Crippen LogP contribution in [0.1, 0.15) is 30.9 Å². The van der Waals surface area contributed by atoms with E-state index in [-0.39, 0.29) is 0 Å². The van der Waals surface area contributed by atoms with Gasteiger partial charge in [-0.2, -0.15) is 0 Å². The second-order valence-corrected chi connectivity index (χ2v) is 5.98. The third-order valence-electron chi connectivity index (χ3n) is 3.80. The Morgan fingerprint density at radius 3 is 2.31 bits per heavy atom. The molecule has 2 aromatic carbocycles. The number of hydrogen-bond acceptors (Lipinski definition) is 4. The van der Waals surface area contributed by atoms with E-state index < -0.39 is 58.3 Å².